The van der Waals surface area contributed by atoms with Crippen LogP contribution >= 0.6 is 11.1 Å². The quantitative estimate of drug-likeness (QED) is 0.141. The molecule has 0 amide bonds. The molecule has 0 radical (unpaired) electrons. The second-order valence-electron chi connectivity index (χ2n) is 19.3. The Morgan fingerprint density at radius 3 is 0.545 bits per heavy atom. The Kier molecular flexibility index (Phi) is 10.5. The van der Waals surface area contributed by atoms with Crippen LogP contribution < -0.4 is 46.7 Å². The molecule has 3 rings (SSSR count). The Morgan fingerprint density at radius 1 is 0.295 bits per heavy atom. The normalized spacial score (nSPS) is 14.2. The molecule has 0 aliphatic carbocycles. The molecule has 242 valence electrons. The summed E-state index contributed by atoms with van der Waals surface area (Å²) in [5.74, 6) is 0. The third kappa shape index (κ3) is 7.45. The molecule has 0 bridgehead atoms. The lowest BCUT2D eigenvalue weighted by atomic mass is 10.3. The van der Waals surface area contributed by atoms with E-state index in [4.69, 9.17) is 0 Å². The van der Waals surface area contributed by atoms with E-state index in [9.17, 15) is 11.1 Å². The monoisotopic (exact) mass is 726 g/mol. The van der Waals surface area contributed by atoms with Gasteiger partial charge >= 0.3 is 0 Å². The number of rotatable bonds is 9. The molecule has 0 atom stereocenters. The van der Waals surface area contributed by atoms with Gasteiger partial charge < -0.3 is 0 Å². The Labute approximate surface area is 284 Å². The molecule has 0 unspecified atom stereocenters. The summed E-state index contributed by atoms with van der Waals surface area (Å²) in [5, 5.41) is 14.5. The zero-order valence-electron chi connectivity index (χ0n) is 31.6. The molecule has 0 fully saturated rings. The van der Waals surface area contributed by atoms with E-state index in [1.54, 1.807) is 46.7 Å². The van der Waals surface area contributed by atoms with Gasteiger partial charge in [-0.3, -0.25) is 0 Å². The molecule has 0 heterocycles. The lowest BCUT2D eigenvalue weighted by molar-refractivity contribution is 1.66. The first-order valence-electron chi connectivity index (χ1n) is 16.7. The molecule has 3 aromatic rings. The van der Waals surface area contributed by atoms with E-state index in [0.717, 1.165) is 0 Å². The molecule has 0 nitrogen and oxygen atoms in total. The molecular weight excluding hydrogens is 664 g/mol. The number of benzene rings is 3. The zero-order valence-corrected chi connectivity index (χ0v) is 39.3. The summed E-state index contributed by atoms with van der Waals surface area (Å²) in [6, 6.07) is 22.2. The van der Waals surface area contributed by atoms with Crippen molar-refractivity contribution in [1.29, 1.82) is 0 Å². The van der Waals surface area contributed by atoms with Crippen molar-refractivity contribution in [2.45, 2.75) is 118 Å². The fourth-order valence-electron chi connectivity index (χ4n) is 6.90. The minimum Gasteiger partial charge on any atom is -0.149 e. The molecule has 8 heteroatoms. The van der Waals surface area contributed by atoms with Gasteiger partial charge in [-0.05, 0) is 15.6 Å². The predicted molar refractivity (Wildman–Crippen MR) is 228 cm³/mol. The fraction of sp³-hybridized carbons (Fsp3) is 0.500. The van der Waals surface area contributed by atoms with Crippen LogP contribution in [0.1, 0.15) is 0 Å². The van der Waals surface area contributed by atoms with Crippen LogP contribution in [0, 0.1) is 0 Å². The lowest BCUT2D eigenvalue weighted by Gasteiger charge is -2.45. The summed E-state index contributed by atoms with van der Waals surface area (Å²) in [5.41, 5.74) is 0. The highest BCUT2D eigenvalue weighted by Crippen LogP contribution is 2.19. The highest BCUT2D eigenvalue weighted by molar-refractivity contribution is 7.45. The van der Waals surface area contributed by atoms with Gasteiger partial charge in [-0.25, -0.2) is 0 Å². The maximum atomic E-state index is 9.25. The molecule has 0 saturated carbocycles. The molecule has 0 aromatic heterocycles. The van der Waals surface area contributed by atoms with E-state index in [1.165, 1.54) is 0 Å². The van der Waals surface area contributed by atoms with E-state index >= 15 is 0 Å². The van der Waals surface area contributed by atoms with Crippen molar-refractivity contribution in [2.24, 2.45) is 0 Å². The Morgan fingerprint density at radius 2 is 0.432 bits per heavy atom. The van der Waals surface area contributed by atoms with Crippen LogP contribution in [0.2, 0.25) is 118 Å². The highest BCUT2D eigenvalue weighted by Gasteiger charge is 2.52. The van der Waals surface area contributed by atoms with Crippen LogP contribution in [0.4, 0.5) is 0 Å². The van der Waals surface area contributed by atoms with Gasteiger partial charge in [0.15, 0.2) is 0 Å². The zero-order chi connectivity index (χ0) is 34.1. The summed E-state index contributed by atoms with van der Waals surface area (Å²) in [4.78, 5) is 0. The van der Waals surface area contributed by atoms with Crippen LogP contribution in [0.15, 0.2) is 54.6 Å². The summed E-state index contributed by atoms with van der Waals surface area (Å²) in [7, 11) is -13.9. The topological polar surface area (TPSA) is 0 Å². The van der Waals surface area contributed by atoms with Gasteiger partial charge in [0.05, 0.1) is 48.4 Å². The van der Waals surface area contributed by atoms with Crippen molar-refractivity contribution in [3.05, 3.63) is 54.6 Å². The molecule has 0 spiro atoms. The maximum Gasteiger partial charge on any atom is 0.247 e. The van der Waals surface area contributed by atoms with Crippen molar-refractivity contribution in [3.63, 3.8) is 0 Å². The Bertz CT molecular complexity index is 1240. The van der Waals surface area contributed by atoms with Crippen molar-refractivity contribution in [1.82, 2.24) is 0 Å². The molecule has 0 aliphatic rings. The third-order valence-electron chi connectivity index (χ3n) is 9.07. The first kappa shape index (κ1) is 37.9. The number of hydrogen-bond acceptors (Lipinski definition) is 0. The van der Waals surface area contributed by atoms with E-state index in [0.29, 0.717) is 0 Å². The first-order chi connectivity index (χ1) is 19.5. The number of hydrogen-bond donors (Lipinski definition) is 0. The molecule has 0 saturated heterocycles. The van der Waals surface area contributed by atoms with Crippen molar-refractivity contribution < 1.29 is 0 Å². The van der Waals surface area contributed by atoms with Crippen molar-refractivity contribution in [3.8, 4) is 0 Å². The minimum absolute atomic E-state index is 1.61. The van der Waals surface area contributed by atoms with Crippen LogP contribution in [-0.2, 0) is 0 Å². The van der Waals surface area contributed by atoms with E-state index in [-0.39, 0.29) is 0 Å². The number of halogens is 1. The van der Waals surface area contributed by atoms with Crippen LogP contribution in [0.5, 0.6) is 0 Å². The van der Waals surface area contributed by atoms with E-state index in [1.807, 2.05) is 0 Å². The maximum absolute atomic E-state index is 9.25. The average Bonchev–Trinajstić information content (AvgIpc) is 2.83. The smallest absolute Gasteiger partial charge is 0.149 e. The summed E-state index contributed by atoms with van der Waals surface area (Å²) in [6.07, 6.45) is 0. The Balaban J connectivity index is 2.99. The van der Waals surface area contributed by atoms with Gasteiger partial charge in [0.25, 0.3) is 0 Å². The van der Waals surface area contributed by atoms with E-state index < -0.39 is 55.8 Å². The van der Waals surface area contributed by atoms with Gasteiger partial charge in [0, 0.05) is 0 Å². The second kappa shape index (κ2) is 12.2. The largest absolute Gasteiger partial charge is 0.247 e. The lowest BCUT2D eigenvalue weighted by Crippen LogP contribution is -2.86. The fourth-order valence-corrected chi connectivity index (χ4v) is 33.0. The molecule has 44 heavy (non-hydrogen) atoms. The van der Waals surface area contributed by atoms with Crippen molar-refractivity contribution >= 4 is 114 Å². The van der Waals surface area contributed by atoms with Crippen molar-refractivity contribution in [2.75, 3.05) is 0 Å². The van der Waals surface area contributed by atoms with Gasteiger partial charge in [-0.15, -0.1) is 11.1 Å². The van der Waals surface area contributed by atoms with Gasteiger partial charge in [-0.1, -0.05) is 204 Å². The average molecular weight is 728 g/mol. The molecule has 0 N–H and O–H groups in total. The summed E-state index contributed by atoms with van der Waals surface area (Å²) >= 11 is 9.25. The molecular formula is C36H63ClSi7. The van der Waals surface area contributed by atoms with E-state index in [2.05, 4.69) is 172 Å². The van der Waals surface area contributed by atoms with Crippen LogP contribution in [0.3, 0.4) is 0 Å². The molecule has 3 aromatic carbocycles. The minimum atomic E-state index is -3.12. The van der Waals surface area contributed by atoms with Crippen LogP contribution in [0.25, 0.3) is 0 Å². The summed E-state index contributed by atoms with van der Waals surface area (Å²) < 4.78 is 0. The van der Waals surface area contributed by atoms with Gasteiger partial charge in [0.1, 0.15) is 0 Å². The van der Waals surface area contributed by atoms with Crippen LogP contribution in [-0.4, -0.2) is 55.8 Å². The predicted octanol–water partition coefficient (Wildman–Crippen LogP) is 6.16. The standard InChI is InChI=1S/C36H63ClSi7/c1-38(2,3)28-22-19-23-29(39(4,5)6)34(28)44(37,35-30(40(7,8)9)24-20-25-31(35)41(10,11)12)36-32(42(13,14)15)26-21-27-33(36)43(16,17)18/h19-27H,1-18H3. The van der Waals surface area contributed by atoms with Gasteiger partial charge in [-0.2, -0.15) is 0 Å². The first-order valence-corrected chi connectivity index (χ1v) is 40.7. The highest BCUT2D eigenvalue weighted by atomic mass is 35.6. The molecule has 0 aliphatic heterocycles. The SMILES string of the molecule is C[Si](C)(C)c1cccc([Si](C)(C)C)c1[Si](Cl)(c1c([Si](C)(C)C)cccc1[Si](C)(C)C)c1c([Si](C)(C)C)cccc1[Si](C)(C)C. The summed E-state index contributed by atoms with van der Waals surface area (Å²) in [6.45, 7) is 46.0. The third-order valence-corrected chi connectivity index (χ3v) is 28.2. The second-order valence-corrected chi connectivity index (χ2v) is 54.1. The van der Waals surface area contributed by atoms with Gasteiger partial charge in [0.2, 0.25) is 7.38 Å². The Hall–Kier alpha value is -0.532.